The Morgan fingerprint density at radius 1 is 1.67 bits per heavy atom. The van der Waals surface area contributed by atoms with Crippen molar-refractivity contribution >= 4 is 11.6 Å². The summed E-state index contributed by atoms with van der Waals surface area (Å²) >= 11 is 4.98. The van der Waals surface area contributed by atoms with Crippen LogP contribution in [0, 0.1) is 0 Å². The number of hydrogen-bond donors (Lipinski definition) is 3. The molecule has 0 aromatic carbocycles. The van der Waals surface area contributed by atoms with Crippen molar-refractivity contribution in [1.29, 1.82) is 0 Å². The second-order valence-corrected chi connectivity index (χ2v) is 1.39. The topological polar surface area (TPSA) is 72.3 Å². The van der Waals surface area contributed by atoms with E-state index in [-0.39, 0.29) is 5.88 Å². The zero-order valence-electron chi connectivity index (χ0n) is 3.19. The molecule has 0 rings (SSSR count). The summed E-state index contributed by atoms with van der Waals surface area (Å²) in [5.74, 6) is -1.84. The van der Waals surface area contributed by atoms with Crippen LogP contribution in [0.25, 0.3) is 0 Å². The number of halogens is 1. The van der Waals surface area contributed by atoms with Gasteiger partial charge in [0.1, 0.15) is 0 Å². The molecule has 0 spiro atoms. The van der Waals surface area contributed by atoms with Crippen LogP contribution in [-0.2, 0) is 0 Å². The molecule has 0 aromatic rings. The van der Waals surface area contributed by atoms with Gasteiger partial charge in [-0.2, -0.15) is 0 Å². The van der Waals surface area contributed by atoms with E-state index >= 15 is 0 Å². The lowest BCUT2D eigenvalue weighted by Gasteiger charge is -2.10. The van der Waals surface area contributed by atoms with Crippen molar-refractivity contribution < 1.29 is 5.11 Å². The molecular formula is C2H7ClN2O. The van der Waals surface area contributed by atoms with E-state index in [9.17, 15) is 0 Å². The van der Waals surface area contributed by atoms with Crippen LogP contribution in [0.2, 0.25) is 0 Å². The molecule has 0 fully saturated rings. The van der Waals surface area contributed by atoms with E-state index < -0.39 is 5.85 Å². The molecule has 6 heavy (non-hydrogen) atoms. The molecular weight excluding hydrogens is 103 g/mol. The standard InChI is InChI=1S/C2H7ClN2O/c3-1-2(4,5)6/h6H,1,4-5H2. The van der Waals surface area contributed by atoms with Crippen LogP contribution in [0.5, 0.6) is 0 Å². The molecule has 0 radical (unpaired) electrons. The van der Waals surface area contributed by atoms with Crippen molar-refractivity contribution in [3.05, 3.63) is 0 Å². The fraction of sp³-hybridized carbons (Fsp3) is 1.00. The maximum absolute atomic E-state index is 8.25. The van der Waals surface area contributed by atoms with Crippen LogP contribution in [0.3, 0.4) is 0 Å². The predicted molar refractivity (Wildman–Crippen MR) is 24.0 cm³/mol. The fourth-order valence-corrected chi connectivity index (χ4v) is 0. The summed E-state index contributed by atoms with van der Waals surface area (Å²) in [6, 6.07) is 0. The minimum atomic E-state index is -1.69. The van der Waals surface area contributed by atoms with Crippen molar-refractivity contribution in [2.75, 3.05) is 5.88 Å². The zero-order valence-corrected chi connectivity index (χ0v) is 3.94. The van der Waals surface area contributed by atoms with Gasteiger partial charge in [0.25, 0.3) is 0 Å². The fourth-order valence-electron chi connectivity index (χ4n) is 0. The Morgan fingerprint density at radius 2 is 1.83 bits per heavy atom. The quantitative estimate of drug-likeness (QED) is 0.293. The normalized spacial score (nSPS) is 12.0. The van der Waals surface area contributed by atoms with Crippen LogP contribution in [0.1, 0.15) is 0 Å². The van der Waals surface area contributed by atoms with Gasteiger partial charge in [-0.3, -0.25) is 11.5 Å². The summed E-state index contributed by atoms with van der Waals surface area (Å²) < 4.78 is 0. The van der Waals surface area contributed by atoms with E-state index in [4.69, 9.17) is 28.2 Å². The Hall–Kier alpha value is 0.170. The summed E-state index contributed by atoms with van der Waals surface area (Å²) in [7, 11) is 0. The first kappa shape index (κ1) is 6.17. The molecule has 3 nitrogen and oxygen atoms in total. The highest BCUT2D eigenvalue weighted by atomic mass is 35.5. The molecule has 0 bridgehead atoms. The van der Waals surface area contributed by atoms with Crippen molar-refractivity contribution in [3.8, 4) is 0 Å². The first-order chi connectivity index (χ1) is 2.56. The van der Waals surface area contributed by atoms with Gasteiger partial charge < -0.3 is 5.11 Å². The molecule has 0 amide bonds. The first-order valence-electron chi connectivity index (χ1n) is 1.42. The highest BCUT2D eigenvalue weighted by Crippen LogP contribution is 1.83. The Balaban J connectivity index is 3.17. The average molecular weight is 111 g/mol. The maximum Gasteiger partial charge on any atom is 0.180 e. The van der Waals surface area contributed by atoms with E-state index in [1.54, 1.807) is 0 Å². The number of hydrogen-bond acceptors (Lipinski definition) is 3. The largest absolute Gasteiger partial charge is 0.362 e. The molecule has 0 aliphatic carbocycles. The van der Waals surface area contributed by atoms with Gasteiger partial charge in [-0.1, -0.05) is 0 Å². The minimum Gasteiger partial charge on any atom is -0.362 e. The highest BCUT2D eigenvalue weighted by Gasteiger charge is 2.08. The maximum atomic E-state index is 8.25. The van der Waals surface area contributed by atoms with Gasteiger partial charge in [-0.15, -0.1) is 11.6 Å². The summed E-state index contributed by atoms with van der Waals surface area (Å²) in [5.41, 5.74) is 9.47. The van der Waals surface area contributed by atoms with Gasteiger partial charge in [-0.25, -0.2) is 0 Å². The highest BCUT2D eigenvalue weighted by molar-refractivity contribution is 6.18. The molecule has 0 saturated heterocycles. The molecule has 5 N–H and O–H groups in total. The van der Waals surface area contributed by atoms with Gasteiger partial charge in [-0.05, 0) is 0 Å². The Kier molecular flexibility index (Phi) is 1.80. The van der Waals surface area contributed by atoms with Crippen LogP contribution in [0.4, 0.5) is 0 Å². The van der Waals surface area contributed by atoms with Crippen molar-refractivity contribution in [2.45, 2.75) is 5.85 Å². The minimum absolute atomic E-state index is 0.146. The molecule has 0 aliphatic heterocycles. The second kappa shape index (κ2) is 1.75. The summed E-state index contributed by atoms with van der Waals surface area (Å²) in [6.45, 7) is 0. The number of nitrogens with two attached hydrogens (primary N) is 2. The van der Waals surface area contributed by atoms with Crippen LogP contribution >= 0.6 is 11.6 Å². The van der Waals surface area contributed by atoms with Gasteiger partial charge >= 0.3 is 0 Å². The third-order valence-corrected chi connectivity index (χ3v) is 0.642. The van der Waals surface area contributed by atoms with Crippen molar-refractivity contribution in [2.24, 2.45) is 11.5 Å². The van der Waals surface area contributed by atoms with E-state index in [1.807, 2.05) is 0 Å². The SMILES string of the molecule is NC(N)(O)CCl. The van der Waals surface area contributed by atoms with Crippen LogP contribution < -0.4 is 11.5 Å². The summed E-state index contributed by atoms with van der Waals surface area (Å²) in [6.07, 6.45) is 0. The first-order valence-corrected chi connectivity index (χ1v) is 1.96. The van der Waals surface area contributed by atoms with Gasteiger partial charge in [0.2, 0.25) is 0 Å². The second-order valence-electron chi connectivity index (χ2n) is 1.12. The van der Waals surface area contributed by atoms with Gasteiger partial charge in [0.05, 0.1) is 5.88 Å². The van der Waals surface area contributed by atoms with E-state index in [0.29, 0.717) is 0 Å². The molecule has 0 aliphatic rings. The number of aliphatic hydroxyl groups is 1. The average Bonchev–Trinajstić information content (AvgIpc) is 1.35. The van der Waals surface area contributed by atoms with Crippen molar-refractivity contribution in [1.82, 2.24) is 0 Å². The van der Waals surface area contributed by atoms with E-state index in [0.717, 1.165) is 0 Å². The third kappa shape index (κ3) is 4.17. The Morgan fingerprint density at radius 3 is 1.83 bits per heavy atom. The Bertz CT molecular complexity index is 41.3. The number of rotatable bonds is 1. The molecule has 0 aromatic heterocycles. The predicted octanol–water partition coefficient (Wildman–Crippen LogP) is -1.21. The lowest BCUT2D eigenvalue weighted by molar-refractivity contribution is 0.0784. The monoisotopic (exact) mass is 110 g/mol. The van der Waals surface area contributed by atoms with Crippen molar-refractivity contribution in [3.63, 3.8) is 0 Å². The summed E-state index contributed by atoms with van der Waals surface area (Å²) in [4.78, 5) is 0. The smallest absolute Gasteiger partial charge is 0.180 e. The van der Waals surface area contributed by atoms with E-state index in [1.165, 1.54) is 0 Å². The summed E-state index contributed by atoms with van der Waals surface area (Å²) in [5, 5.41) is 8.25. The number of alkyl halides is 1. The van der Waals surface area contributed by atoms with Gasteiger partial charge in [0, 0.05) is 0 Å². The molecule has 0 heterocycles. The van der Waals surface area contributed by atoms with Gasteiger partial charge in [0.15, 0.2) is 5.85 Å². The lowest BCUT2D eigenvalue weighted by Crippen LogP contribution is -2.50. The molecule has 0 saturated carbocycles. The van der Waals surface area contributed by atoms with Crippen LogP contribution in [-0.4, -0.2) is 16.8 Å². The Labute approximate surface area is 40.9 Å². The van der Waals surface area contributed by atoms with E-state index in [2.05, 4.69) is 0 Å². The zero-order chi connectivity index (χ0) is 5.21. The molecule has 0 unspecified atom stereocenters. The molecule has 0 atom stereocenters. The lowest BCUT2D eigenvalue weighted by atomic mass is 10.5. The third-order valence-electron chi connectivity index (χ3n) is 0.214. The molecule has 38 valence electrons. The van der Waals surface area contributed by atoms with Crippen LogP contribution in [0.15, 0.2) is 0 Å². The molecule has 4 heteroatoms.